The average molecular weight is 321 g/mol. The first-order valence-corrected chi connectivity index (χ1v) is 8.19. The van der Waals surface area contributed by atoms with E-state index >= 15 is 0 Å². The average Bonchev–Trinajstić information content (AvgIpc) is 3.07. The second kappa shape index (κ2) is 5.44. The number of nitro benzene ring substituents is 1. The van der Waals surface area contributed by atoms with Gasteiger partial charge >= 0.3 is 0 Å². The zero-order valence-corrected chi connectivity index (χ0v) is 13.7. The van der Waals surface area contributed by atoms with Crippen molar-refractivity contribution in [3.8, 4) is 0 Å². The van der Waals surface area contributed by atoms with Crippen LogP contribution in [0.25, 0.3) is 0 Å². The molecule has 0 fully saturated rings. The Labute approximate surface area is 140 Å². The van der Waals surface area contributed by atoms with E-state index < -0.39 is 0 Å². The molecule has 2 heterocycles. The molecule has 0 radical (unpaired) electrons. The lowest BCUT2D eigenvalue weighted by Crippen LogP contribution is -2.30. The predicted molar refractivity (Wildman–Crippen MR) is 93.2 cm³/mol. The molecule has 2 aromatic rings. The zero-order chi connectivity index (χ0) is 16.8. The highest BCUT2D eigenvalue weighted by molar-refractivity contribution is 5.74. The molecule has 0 unspecified atom stereocenters. The standard InChI is InChI=1S/C19H19N3O2/c1-11-10-16(22(23)24)19-17(12(11)2)14-4-3-5-15(14)18(21-19)13-6-8-20-9-7-13/h3-4,6-10,14-15,18,21H,5H2,1-2H3/t14-,15-,18-/m1/s1. The number of fused-ring (bicyclic) bond motifs is 3. The molecule has 5 nitrogen and oxygen atoms in total. The van der Waals surface area contributed by atoms with E-state index in [4.69, 9.17) is 0 Å². The van der Waals surface area contributed by atoms with E-state index in [1.807, 2.05) is 19.1 Å². The number of benzene rings is 1. The number of rotatable bonds is 2. The molecule has 3 atom stereocenters. The largest absolute Gasteiger partial charge is 0.372 e. The Kier molecular flexibility index (Phi) is 3.37. The van der Waals surface area contributed by atoms with Gasteiger partial charge in [-0.2, -0.15) is 0 Å². The number of aromatic nitrogens is 1. The Hall–Kier alpha value is -2.69. The molecule has 24 heavy (non-hydrogen) atoms. The van der Waals surface area contributed by atoms with Crippen LogP contribution in [0, 0.1) is 29.9 Å². The van der Waals surface area contributed by atoms with Crippen molar-refractivity contribution < 1.29 is 4.92 Å². The number of pyridine rings is 1. The number of nitrogens with one attached hydrogen (secondary N) is 1. The third kappa shape index (κ3) is 2.12. The topological polar surface area (TPSA) is 68.1 Å². The fourth-order valence-electron chi connectivity index (χ4n) is 4.12. The van der Waals surface area contributed by atoms with E-state index in [0.29, 0.717) is 11.6 Å². The summed E-state index contributed by atoms with van der Waals surface area (Å²) in [4.78, 5) is 15.4. The van der Waals surface area contributed by atoms with Crippen molar-refractivity contribution in [3.63, 3.8) is 0 Å². The summed E-state index contributed by atoms with van der Waals surface area (Å²) in [5.74, 6) is 0.595. The molecule has 0 amide bonds. The Balaban J connectivity index is 1.92. The van der Waals surface area contributed by atoms with Gasteiger partial charge in [0.15, 0.2) is 0 Å². The van der Waals surface area contributed by atoms with Crippen LogP contribution in [0.1, 0.15) is 40.6 Å². The maximum atomic E-state index is 11.6. The van der Waals surface area contributed by atoms with E-state index in [2.05, 4.69) is 29.4 Å². The Morgan fingerprint density at radius 1 is 1.29 bits per heavy atom. The SMILES string of the molecule is Cc1cc([N+](=O)[O-])c2c(c1C)[C@@H]1C=CC[C@H]1[C@@H](c1ccncc1)N2. The first kappa shape index (κ1) is 14.9. The fourth-order valence-corrected chi connectivity index (χ4v) is 4.12. The van der Waals surface area contributed by atoms with Gasteiger partial charge in [0.05, 0.1) is 11.0 Å². The number of hydrogen-bond donors (Lipinski definition) is 1. The molecule has 1 aliphatic heterocycles. The molecular formula is C19H19N3O2. The Morgan fingerprint density at radius 2 is 2.04 bits per heavy atom. The van der Waals surface area contributed by atoms with Crippen LogP contribution in [-0.2, 0) is 0 Å². The number of allylic oxidation sites excluding steroid dienone is 2. The van der Waals surface area contributed by atoms with Crippen LogP contribution >= 0.6 is 0 Å². The van der Waals surface area contributed by atoms with Gasteiger partial charge in [-0.3, -0.25) is 15.1 Å². The van der Waals surface area contributed by atoms with Crippen LogP contribution in [-0.4, -0.2) is 9.91 Å². The van der Waals surface area contributed by atoms with Crippen molar-refractivity contribution in [3.05, 3.63) is 75.1 Å². The van der Waals surface area contributed by atoms with Crippen LogP contribution < -0.4 is 5.32 Å². The minimum Gasteiger partial charge on any atom is -0.372 e. The lowest BCUT2D eigenvalue weighted by atomic mass is 9.75. The molecular weight excluding hydrogens is 302 g/mol. The smallest absolute Gasteiger partial charge is 0.292 e. The van der Waals surface area contributed by atoms with Gasteiger partial charge in [-0.1, -0.05) is 12.2 Å². The number of nitro groups is 1. The third-order valence-corrected chi connectivity index (χ3v) is 5.41. The molecule has 2 aliphatic rings. The van der Waals surface area contributed by atoms with Crippen LogP contribution in [0.4, 0.5) is 11.4 Å². The van der Waals surface area contributed by atoms with Crippen molar-refractivity contribution in [2.45, 2.75) is 32.2 Å². The van der Waals surface area contributed by atoms with E-state index in [1.165, 1.54) is 0 Å². The summed E-state index contributed by atoms with van der Waals surface area (Å²) in [6, 6.07) is 5.72. The van der Waals surface area contributed by atoms with Gasteiger partial charge in [0.25, 0.3) is 5.69 Å². The van der Waals surface area contributed by atoms with Crippen LogP contribution in [0.2, 0.25) is 0 Å². The van der Waals surface area contributed by atoms with E-state index in [-0.39, 0.29) is 22.6 Å². The number of aryl methyl sites for hydroxylation is 1. The Morgan fingerprint density at radius 3 is 2.75 bits per heavy atom. The molecule has 5 heteroatoms. The summed E-state index contributed by atoms with van der Waals surface area (Å²) in [7, 11) is 0. The summed E-state index contributed by atoms with van der Waals surface area (Å²) >= 11 is 0. The van der Waals surface area contributed by atoms with Crippen molar-refractivity contribution in [1.82, 2.24) is 4.98 Å². The highest BCUT2D eigenvalue weighted by atomic mass is 16.6. The molecule has 0 bridgehead atoms. The summed E-state index contributed by atoms with van der Waals surface area (Å²) in [5.41, 5.74) is 5.19. The number of nitrogens with zero attached hydrogens (tertiary/aromatic N) is 2. The van der Waals surface area contributed by atoms with Crippen LogP contribution in [0.15, 0.2) is 42.7 Å². The van der Waals surface area contributed by atoms with E-state index in [9.17, 15) is 10.1 Å². The molecule has 1 N–H and O–H groups in total. The minimum absolute atomic E-state index is 0.0568. The predicted octanol–water partition coefficient (Wildman–Crippen LogP) is 4.43. The quantitative estimate of drug-likeness (QED) is 0.504. The summed E-state index contributed by atoms with van der Waals surface area (Å²) in [6.45, 7) is 4.01. The Bertz CT molecular complexity index is 845. The van der Waals surface area contributed by atoms with Crippen molar-refractivity contribution in [2.24, 2.45) is 5.92 Å². The molecule has 0 saturated carbocycles. The molecule has 1 aromatic carbocycles. The molecule has 0 saturated heterocycles. The summed E-state index contributed by atoms with van der Waals surface area (Å²) in [5, 5.41) is 15.1. The highest BCUT2D eigenvalue weighted by Gasteiger charge is 2.41. The summed E-state index contributed by atoms with van der Waals surface area (Å²) < 4.78 is 0. The van der Waals surface area contributed by atoms with Gasteiger partial charge in [-0.15, -0.1) is 0 Å². The maximum Gasteiger partial charge on any atom is 0.292 e. The van der Waals surface area contributed by atoms with Crippen LogP contribution in [0.3, 0.4) is 0 Å². The lowest BCUT2D eigenvalue weighted by Gasteiger charge is -2.38. The molecule has 122 valence electrons. The van der Waals surface area contributed by atoms with Gasteiger partial charge in [0, 0.05) is 24.4 Å². The highest BCUT2D eigenvalue weighted by Crippen LogP contribution is 2.53. The monoisotopic (exact) mass is 321 g/mol. The minimum atomic E-state index is -0.277. The normalized spacial score (nSPS) is 24.2. The number of anilines is 1. The molecule has 0 spiro atoms. The van der Waals surface area contributed by atoms with Gasteiger partial charge in [0.1, 0.15) is 5.69 Å². The second-order valence-corrected chi connectivity index (χ2v) is 6.64. The van der Waals surface area contributed by atoms with Crippen molar-refractivity contribution in [2.75, 3.05) is 5.32 Å². The second-order valence-electron chi connectivity index (χ2n) is 6.64. The van der Waals surface area contributed by atoms with Crippen molar-refractivity contribution >= 4 is 11.4 Å². The maximum absolute atomic E-state index is 11.6. The lowest BCUT2D eigenvalue weighted by molar-refractivity contribution is -0.384. The molecule has 1 aliphatic carbocycles. The third-order valence-electron chi connectivity index (χ3n) is 5.41. The first-order valence-electron chi connectivity index (χ1n) is 8.19. The molecule has 1 aromatic heterocycles. The van der Waals surface area contributed by atoms with Gasteiger partial charge in [-0.05, 0) is 60.6 Å². The van der Waals surface area contributed by atoms with E-state index in [1.54, 1.807) is 18.5 Å². The van der Waals surface area contributed by atoms with Gasteiger partial charge < -0.3 is 5.32 Å². The van der Waals surface area contributed by atoms with Gasteiger partial charge in [0.2, 0.25) is 0 Å². The number of hydrogen-bond acceptors (Lipinski definition) is 4. The zero-order valence-electron chi connectivity index (χ0n) is 13.7. The van der Waals surface area contributed by atoms with E-state index in [0.717, 1.165) is 28.7 Å². The summed E-state index contributed by atoms with van der Waals surface area (Å²) in [6.07, 6.45) is 8.95. The van der Waals surface area contributed by atoms with Crippen LogP contribution in [0.5, 0.6) is 0 Å². The van der Waals surface area contributed by atoms with Gasteiger partial charge in [-0.25, -0.2) is 0 Å². The van der Waals surface area contributed by atoms with Crippen molar-refractivity contribution in [1.29, 1.82) is 0 Å². The molecule has 4 rings (SSSR count). The fraction of sp³-hybridized carbons (Fsp3) is 0.316. The first-order chi connectivity index (χ1) is 11.6.